The summed E-state index contributed by atoms with van der Waals surface area (Å²) in [5.41, 5.74) is 2.14. The molecule has 0 aliphatic heterocycles. The molecule has 7 nitrogen and oxygen atoms in total. The van der Waals surface area contributed by atoms with Crippen molar-refractivity contribution in [3.05, 3.63) is 60.2 Å². The van der Waals surface area contributed by atoms with E-state index in [9.17, 15) is 9.59 Å². The SMILES string of the molecule is CN(CCCNC(=O)Nc1cccc(CNC(=O)OC(C)(C)C)c1)c1ccccc1. The van der Waals surface area contributed by atoms with Gasteiger partial charge in [0.25, 0.3) is 0 Å². The van der Waals surface area contributed by atoms with Gasteiger partial charge in [0, 0.05) is 38.1 Å². The lowest BCUT2D eigenvalue weighted by Crippen LogP contribution is -2.32. The number of benzene rings is 2. The van der Waals surface area contributed by atoms with E-state index < -0.39 is 11.7 Å². The molecule has 0 heterocycles. The summed E-state index contributed by atoms with van der Waals surface area (Å²) >= 11 is 0. The van der Waals surface area contributed by atoms with Crippen LogP contribution in [0.2, 0.25) is 0 Å². The van der Waals surface area contributed by atoms with Crippen LogP contribution in [0.3, 0.4) is 0 Å². The molecule has 162 valence electrons. The number of amides is 3. The topological polar surface area (TPSA) is 82.7 Å². The fraction of sp³-hybridized carbons (Fsp3) is 0.391. The lowest BCUT2D eigenvalue weighted by atomic mass is 10.2. The highest BCUT2D eigenvalue weighted by molar-refractivity contribution is 5.89. The van der Waals surface area contributed by atoms with E-state index in [1.165, 1.54) is 0 Å². The second-order valence-corrected chi connectivity index (χ2v) is 8.05. The molecule has 0 saturated heterocycles. The van der Waals surface area contributed by atoms with Crippen LogP contribution in [-0.4, -0.2) is 37.9 Å². The first-order chi connectivity index (χ1) is 14.2. The first-order valence-electron chi connectivity index (χ1n) is 10.1. The zero-order valence-corrected chi connectivity index (χ0v) is 18.2. The third kappa shape index (κ3) is 8.86. The van der Waals surface area contributed by atoms with Gasteiger partial charge < -0.3 is 25.6 Å². The summed E-state index contributed by atoms with van der Waals surface area (Å²) in [5, 5.41) is 8.40. The Hall–Kier alpha value is -3.22. The maximum Gasteiger partial charge on any atom is 0.407 e. The molecule has 0 radical (unpaired) electrons. The van der Waals surface area contributed by atoms with Crippen molar-refractivity contribution in [2.75, 3.05) is 30.4 Å². The van der Waals surface area contributed by atoms with Crippen molar-refractivity contribution < 1.29 is 14.3 Å². The second kappa shape index (κ2) is 11.1. The summed E-state index contributed by atoms with van der Waals surface area (Å²) in [6.07, 6.45) is 0.359. The summed E-state index contributed by atoms with van der Waals surface area (Å²) in [4.78, 5) is 26.1. The molecular weight excluding hydrogens is 380 g/mol. The highest BCUT2D eigenvalue weighted by Crippen LogP contribution is 2.12. The Morgan fingerprint density at radius 2 is 1.73 bits per heavy atom. The number of para-hydroxylation sites is 1. The molecule has 2 aromatic rings. The molecule has 0 aromatic heterocycles. The van der Waals surface area contributed by atoms with Gasteiger partial charge in [-0.3, -0.25) is 0 Å². The van der Waals surface area contributed by atoms with E-state index in [0.29, 0.717) is 18.8 Å². The Labute approximate surface area is 178 Å². The van der Waals surface area contributed by atoms with Crippen molar-refractivity contribution in [1.29, 1.82) is 0 Å². The van der Waals surface area contributed by atoms with Crippen LogP contribution in [0.4, 0.5) is 21.0 Å². The van der Waals surface area contributed by atoms with Crippen molar-refractivity contribution in [3.8, 4) is 0 Å². The van der Waals surface area contributed by atoms with Gasteiger partial charge >= 0.3 is 12.1 Å². The molecule has 0 unspecified atom stereocenters. The van der Waals surface area contributed by atoms with Crippen molar-refractivity contribution in [1.82, 2.24) is 10.6 Å². The van der Waals surface area contributed by atoms with Crippen molar-refractivity contribution >= 4 is 23.5 Å². The van der Waals surface area contributed by atoms with E-state index >= 15 is 0 Å². The molecule has 3 amide bonds. The van der Waals surface area contributed by atoms with Gasteiger partial charge in [-0.1, -0.05) is 30.3 Å². The monoisotopic (exact) mass is 412 g/mol. The molecular formula is C23H32N4O3. The molecule has 0 fully saturated rings. The van der Waals surface area contributed by atoms with Crippen molar-refractivity contribution in [2.24, 2.45) is 0 Å². The number of urea groups is 1. The Kier molecular flexibility index (Phi) is 8.53. The van der Waals surface area contributed by atoms with Gasteiger partial charge in [-0.2, -0.15) is 0 Å². The van der Waals surface area contributed by atoms with Crippen molar-refractivity contribution in [3.63, 3.8) is 0 Å². The van der Waals surface area contributed by atoms with Crippen LogP contribution in [0.1, 0.15) is 32.8 Å². The Balaban J connectivity index is 1.71. The number of nitrogens with one attached hydrogen (secondary N) is 3. The van der Waals surface area contributed by atoms with Crippen LogP contribution in [-0.2, 0) is 11.3 Å². The second-order valence-electron chi connectivity index (χ2n) is 8.05. The van der Waals surface area contributed by atoms with Gasteiger partial charge in [0.2, 0.25) is 0 Å². The number of alkyl carbamates (subject to hydrolysis) is 1. The number of rotatable bonds is 8. The standard InChI is InChI=1S/C23H32N4O3/c1-23(2,3)30-22(29)25-17-18-10-8-11-19(16-18)26-21(28)24-14-9-15-27(4)20-12-6-5-7-13-20/h5-8,10-13,16H,9,14-15,17H2,1-4H3,(H,25,29)(H2,24,26,28). The highest BCUT2D eigenvalue weighted by Gasteiger charge is 2.15. The summed E-state index contributed by atoms with van der Waals surface area (Å²) in [6.45, 7) is 7.18. The lowest BCUT2D eigenvalue weighted by Gasteiger charge is -2.19. The third-order valence-corrected chi connectivity index (χ3v) is 4.17. The maximum atomic E-state index is 12.1. The molecule has 0 bridgehead atoms. The molecule has 0 aliphatic rings. The van der Waals surface area contributed by atoms with Crippen LogP contribution < -0.4 is 20.9 Å². The number of ether oxygens (including phenoxy) is 1. The van der Waals surface area contributed by atoms with Gasteiger partial charge in [-0.15, -0.1) is 0 Å². The van der Waals surface area contributed by atoms with Crippen LogP contribution >= 0.6 is 0 Å². The Morgan fingerprint density at radius 3 is 2.43 bits per heavy atom. The van der Waals surface area contributed by atoms with Gasteiger partial charge in [0.1, 0.15) is 5.60 Å². The zero-order chi connectivity index (χ0) is 22.0. The first kappa shape index (κ1) is 23.1. The van der Waals surface area contributed by atoms with Gasteiger partial charge in [0.15, 0.2) is 0 Å². The average molecular weight is 413 g/mol. The minimum absolute atomic E-state index is 0.255. The fourth-order valence-corrected chi connectivity index (χ4v) is 2.75. The normalized spacial score (nSPS) is 10.8. The molecule has 0 aliphatic carbocycles. The molecule has 0 saturated carbocycles. The minimum Gasteiger partial charge on any atom is -0.444 e. The van der Waals surface area contributed by atoms with Gasteiger partial charge in [0.05, 0.1) is 0 Å². The van der Waals surface area contributed by atoms with E-state index in [1.807, 2.05) is 64.2 Å². The first-order valence-corrected chi connectivity index (χ1v) is 10.1. The number of hydrogen-bond donors (Lipinski definition) is 3. The number of hydrogen-bond acceptors (Lipinski definition) is 4. The smallest absolute Gasteiger partial charge is 0.407 e. The van der Waals surface area contributed by atoms with Crippen LogP contribution in [0, 0.1) is 0 Å². The molecule has 3 N–H and O–H groups in total. The molecule has 30 heavy (non-hydrogen) atoms. The number of carbonyl (C=O) groups is 2. The quantitative estimate of drug-likeness (QED) is 0.563. The number of nitrogens with zero attached hydrogens (tertiary/aromatic N) is 1. The summed E-state index contributed by atoms with van der Waals surface area (Å²) < 4.78 is 5.22. The predicted octanol–water partition coefficient (Wildman–Crippen LogP) is 4.36. The maximum absolute atomic E-state index is 12.1. The Bertz CT molecular complexity index is 819. The van der Waals surface area contributed by atoms with E-state index in [4.69, 9.17) is 4.74 Å². The third-order valence-electron chi connectivity index (χ3n) is 4.17. The Morgan fingerprint density at radius 1 is 1.00 bits per heavy atom. The van der Waals surface area contributed by atoms with E-state index in [-0.39, 0.29) is 6.03 Å². The number of anilines is 2. The summed E-state index contributed by atoms with van der Waals surface area (Å²) in [6, 6.07) is 17.2. The molecule has 2 rings (SSSR count). The molecule has 2 aromatic carbocycles. The van der Waals surface area contributed by atoms with Crippen LogP contribution in [0.15, 0.2) is 54.6 Å². The summed E-state index contributed by atoms with van der Waals surface area (Å²) in [7, 11) is 2.03. The summed E-state index contributed by atoms with van der Waals surface area (Å²) in [5.74, 6) is 0. The van der Waals surface area contributed by atoms with Crippen molar-refractivity contribution in [2.45, 2.75) is 39.3 Å². The fourth-order valence-electron chi connectivity index (χ4n) is 2.75. The molecule has 7 heteroatoms. The molecule has 0 atom stereocenters. The van der Waals surface area contributed by atoms with Gasteiger partial charge in [-0.05, 0) is 57.0 Å². The lowest BCUT2D eigenvalue weighted by molar-refractivity contribution is 0.0523. The highest BCUT2D eigenvalue weighted by atomic mass is 16.6. The minimum atomic E-state index is -0.540. The van der Waals surface area contributed by atoms with E-state index in [2.05, 4.69) is 33.0 Å². The van der Waals surface area contributed by atoms with E-state index in [0.717, 1.165) is 24.2 Å². The van der Waals surface area contributed by atoms with Crippen LogP contribution in [0.25, 0.3) is 0 Å². The average Bonchev–Trinajstić information content (AvgIpc) is 2.69. The van der Waals surface area contributed by atoms with E-state index in [1.54, 1.807) is 6.07 Å². The zero-order valence-electron chi connectivity index (χ0n) is 18.2. The molecule has 0 spiro atoms. The van der Waals surface area contributed by atoms with Crippen LogP contribution in [0.5, 0.6) is 0 Å². The van der Waals surface area contributed by atoms with Gasteiger partial charge in [-0.25, -0.2) is 9.59 Å². The predicted molar refractivity (Wildman–Crippen MR) is 121 cm³/mol. The number of carbonyl (C=O) groups excluding carboxylic acids is 2. The largest absolute Gasteiger partial charge is 0.444 e.